The molecule has 0 aliphatic carbocycles. The van der Waals surface area contributed by atoms with Crippen LogP contribution in [0.2, 0.25) is 0 Å². The minimum absolute atomic E-state index is 0.0307. The predicted octanol–water partition coefficient (Wildman–Crippen LogP) is 2.45. The van der Waals surface area contributed by atoms with E-state index in [9.17, 15) is 18.0 Å². The van der Waals surface area contributed by atoms with Crippen molar-refractivity contribution in [3.05, 3.63) is 47.8 Å². The van der Waals surface area contributed by atoms with Gasteiger partial charge in [0, 0.05) is 11.8 Å². The van der Waals surface area contributed by atoms with E-state index in [4.69, 9.17) is 5.11 Å². The van der Waals surface area contributed by atoms with E-state index in [0.29, 0.717) is 6.07 Å². The Bertz CT molecular complexity index is 627. The van der Waals surface area contributed by atoms with E-state index in [0.717, 1.165) is 6.20 Å². The van der Waals surface area contributed by atoms with Crippen molar-refractivity contribution in [2.24, 2.45) is 0 Å². The number of nitrogens with zero attached hydrogens (tertiary/aromatic N) is 2. The van der Waals surface area contributed by atoms with E-state index in [2.05, 4.69) is 15.3 Å². The molecule has 5 nitrogen and oxygen atoms in total. The van der Waals surface area contributed by atoms with Gasteiger partial charge in [-0.1, -0.05) is 0 Å². The average molecular weight is 283 g/mol. The highest BCUT2D eigenvalue weighted by Crippen LogP contribution is 2.27. The molecule has 104 valence electrons. The highest BCUT2D eigenvalue weighted by molar-refractivity contribution is 6.03. The third-order valence-electron chi connectivity index (χ3n) is 2.30. The van der Waals surface area contributed by atoms with Gasteiger partial charge in [-0.3, -0.25) is 10.1 Å². The van der Waals surface area contributed by atoms with E-state index < -0.39 is 23.7 Å². The lowest BCUT2D eigenvalue weighted by Crippen LogP contribution is -2.16. The normalized spacial score (nSPS) is 11.2. The Balaban J connectivity index is 2.18. The lowest BCUT2D eigenvalue weighted by Gasteiger charge is -2.07. The largest absolute Gasteiger partial charge is 0.508 e. The molecule has 1 aromatic carbocycles. The number of halogens is 3. The fourth-order valence-electron chi connectivity index (χ4n) is 1.36. The number of amides is 1. The van der Waals surface area contributed by atoms with E-state index in [1.165, 1.54) is 24.3 Å². The fourth-order valence-corrected chi connectivity index (χ4v) is 1.36. The van der Waals surface area contributed by atoms with Crippen LogP contribution in [0.3, 0.4) is 0 Å². The van der Waals surface area contributed by atoms with E-state index in [1.807, 2.05) is 0 Å². The Labute approximate surface area is 111 Å². The Morgan fingerprint density at radius 1 is 1.15 bits per heavy atom. The van der Waals surface area contributed by atoms with Crippen molar-refractivity contribution in [3.63, 3.8) is 0 Å². The second-order valence-electron chi connectivity index (χ2n) is 3.76. The zero-order valence-electron chi connectivity index (χ0n) is 9.85. The summed E-state index contributed by atoms with van der Waals surface area (Å²) in [4.78, 5) is 18.5. The molecule has 0 spiro atoms. The van der Waals surface area contributed by atoms with Crippen LogP contribution in [0.4, 0.5) is 19.1 Å². The molecule has 1 amide bonds. The van der Waals surface area contributed by atoms with Gasteiger partial charge in [0.2, 0.25) is 5.95 Å². The molecule has 0 bridgehead atoms. The molecule has 0 radical (unpaired) electrons. The first-order valence-corrected chi connectivity index (χ1v) is 5.37. The van der Waals surface area contributed by atoms with Gasteiger partial charge in [-0.25, -0.2) is 9.97 Å². The van der Waals surface area contributed by atoms with Crippen molar-refractivity contribution < 1.29 is 23.1 Å². The predicted molar refractivity (Wildman–Crippen MR) is 63.1 cm³/mol. The van der Waals surface area contributed by atoms with Gasteiger partial charge in [0.05, 0.1) is 0 Å². The summed E-state index contributed by atoms with van der Waals surface area (Å²) in [6.45, 7) is 0. The molecule has 0 saturated carbocycles. The van der Waals surface area contributed by atoms with Crippen LogP contribution in [0.15, 0.2) is 36.5 Å². The van der Waals surface area contributed by atoms with E-state index in [-0.39, 0.29) is 11.3 Å². The van der Waals surface area contributed by atoms with Crippen LogP contribution in [0.25, 0.3) is 0 Å². The number of alkyl halides is 3. The second-order valence-corrected chi connectivity index (χ2v) is 3.76. The molecule has 0 atom stereocenters. The summed E-state index contributed by atoms with van der Waals surface area (Å²) in [6, 6.07) is 5.90. The van der Waals surface area contributed by atoms with Crippen molar-refractivity contribution in [3.8, 4) is 5.75 Å². The van der Waals surface area contributed by atoms with Crippen LogP contribution in [-0.2, 0) is 6.18 Å². The number of carbonyl (C=O) groups excluding carboxylic acids is 1. The SMILES string of the molecule is O=C(Nc1nccc(C(F)(F)F)n1)c1ccc(O)cc1. The summed E-state index contributed by atoms with van der Waals surface area (Å²) >= 11 is 0. The van der Waals surface area contributed by atoms with Crippen molar-refractivity contribution >= 4 is 11.9 Å². The maximum absolute atomic E-state index is 12.4. The standard InChI is InChI=1S/C12H8F3N3O2/c13-12(14,15)9-5-6-16-11(17-9)18-10(20)7-1-3-8(19)4-2-7/h1-6,19H,(H,16,17,18,20). The number of carbonyl (C=O) groups is 1. The summed E-state index contributed by atoms with van der Waals surface area (Å²) in [7, 11) is 0. The molecule has 8 heteroatoms. The molecule has 0 fully saturated rings. The number of phenolic OH excluding ortho intramolecular Hbond substituents is 1. The summed E-state index contributed by atoms with van der Waals surface area (Å²) in [5, 5.41) is 11.2. The third-order valence-corrected chi connectivity index (χ3v) is 2.30. The van der Waals surface area contributed by atoms with Crippen molar-refractivity contribution in [2.45, 2.75) is 6.18 Å². The number of aromatic hydroxyl groups is 1. The molecule has 2 rings (SSSR count). The number of phenols is 1. The van der Waals surface area contributed by atoms with Crippen LogP contribution < -0.4 is 5.32 Å². The van der Waals surface area contributed by atoms with Gasteiger partial charge in [0.1, 0.15) is 11.4 Å². The minimum Gasteiger partial charge on any atom is -0.508 e. The van der Waals surface area contributed by atoms with Gasteiger partial charge < -0.3 is 5.11 Å². The average Bonchev–Trinajstić information content (AvgIpc) is 2.38. The number of hydrogen-bond donors (Lipinski definition) is 2. The lowest BCUT2D eigenvalue weighted by molar-refractivity contribution is -0.141. The Kier molecular flexibility index (Phi) is 3.55. The van der Waals surface area contributed by atoms with E-state index in [1.54, 1.807) is 0 Å². The number of hydrogen-bond acceptors (Lipinski definition) is 4. The zero-order valence-corrected chi connectivity index (χ0v) is 9.85. The van der Waals surface area contributed by atoms with Gasteiger partial charge in [-0.2, -0.15) is 13.2 Å². The van der Waals surface area contributed by atoms with Gasteiger partial charge in [0.15, 0.2) is 0 Å². The molecule has 20 heavy (non-hydrogen) atoms. The first-order valence-electron chi connectivity index (χ1n) is 5.37. The van der Waals surface area contributed by atoms with Gasteiger partial charge in [-0.15, -0.1) is 0 Å². The summed E-state index contributed by atoms with van der Waals surface area (Å²) in [5.41, 5.74) is -0.989. The number of nitrogens with one attached hydrogen (secondary N) is 1. The molecular weight excluding hydrogens is 275 g/mol. The quantitative estimate of drug-likeness (QED) is 0.887. The maximum Gasteiger partial charge on any atom is 0.433 e. The number of benzene rings is 1. The highest BCUT2D eigenvalue weighted by atomic mass is 19.4. The summed E-state index contributed by atoms with van der Waals surface area (Å²) < 4.78 is 37.3. The van der Waals surface area contributed by atoms with Crippen molar-refractivity contribution in [2.75, 3.05) is 5.32 Å². The van der Waals surface area contributed by atoms with Crippen LogP contribution in [-0.4, -0.2) is 21.0 Å². The van der Waals surface area contributed by atoms with Crippen LogP contribution in [0.5, 0.6) is 5.75 Å². The number of rotatable bonds is 2. The molecule has 0 saturated heterocycles. The first-order chi connectivity index (χ1) is 9.36. The minimum atomic E-state index is -4.61. The molecule has 0 aliphatic heterocycles. The van der Waals surface area contributed by atoms with Crippen LogP contribution >= 0.6 is 0 Å². The third kappa shape index (κ3) is 3.22. The molecule has 2 aromatic rings. The van der Waals surface area contributed by atoms with Crippen LogP contribution in [0.1, 0.15) is 16.1 Å². The van der Waals surface area contributed by atoms with Gasteiger partial charge in [-0.05, 0) is 30.3 Å². The summed E-state index contributed by atoms with van der Waals surface area (Å²) in [6.07, 6.45) is -3.71. The topological polar surface area (TPSA) is 75.1 Å². The van der Waals surface area contributed by atoms with Crippen molar-refractivity contribution in [1.29, 1.82) is 0 Å². The van der Waals surface area contributed by atoms with Crippen molar-refractivity contribution in [1.82, 2.24) is 9.97 Å². The monoisotopic (exact) mass is 283 g/mol. The molecule has 2 N–H and O–H groups in total. The van der Waals surface area contributed by atoms with Gasteiger partial charge >= 0.3 is 6.18 Å². The fraction of sp³-hybridized carbons (Fsp3) is 0.0833. The second kappa shape index (κ2) is 5.16. The van der Waals surface area contributed by atoms with Gasteiger partial charge in [0.25, 0.3) is 5.91 Å². The Hall–Kier alpha value is -2.64. The van der Waals surface area contributed by atoms with Crippen LogP contribution in [0, 0.1) is 0 Å². The first kappa shape index (κ1) is 13.8. The molecule has 1 aromatic heterocycles. The Morgan fingerprint density at radius 3 is 2.40 bits per heavy atom. The van der Waals surface area contributed by atoms with E-state index >= 15 is 0 Å². The molecule has 0 aliphatic rings. The highest BCUT2D eigenvalue weighted by Gasteiger charge is 2.32. The number of anilines is 1. The Morgan fingerprint density at radius 2 is 1.80 bits per heavy atom. The molecular formula is C12H8F3N3O2. The maximum atomic E-state index is 12.4. The smallest absolute Gasteiger partial charge is 0.433 e. The zero-order chi connectivity index (χ0) is 14.8. The number of aromatic nitrogens is 2. The summed E-state index contributed by atoms with van der Waals surface area (Å²) in [5.74, 6) is -1.15. The molecule has 1 heterocycles. The lowest BCUT2D eigenvalue weighted by atomic mass is 10.2. The molecule has 0 unspecified atom stereocenters.